The number of esters is 1. The fourth-order valence-electron chi connectivity index (χ4n) is 3.07. The Kier molecular flexibility index (Phi) is 4.91. The van der Waals surface area contributed by atoms with Crippen LogP contribution in [-0.2, 0) is 14.3 Å². The minimum atomic E-state index is -0.286. The number of hydrogen-bond donors (Lipinski definition) is 1. The second kappa shape index (κ2) is 7.08. The van der Waals surface area contributed by atoms with Gasteiger partial charge in [0.2, 0.25) is 0 Å². The maximum atomic E-state index is 12.4. The molecular formula is C17H20N2O3S. The molecule has 2 atom stereocenters. The first-order chi connectivity index (χ1) is 11.2. The van der Waals surface area contributed by atoms with Crippen molar-refractivity contribution < 1.29 is 14.3 Å². The highest BCUT2D eigenvalue weighted by atomic mass is 32.1. The SMILES string of the molecule is CNC(=O)COC(=O)[C@@H]1CCCC[C@H]1c1nc2ccccc2s1. The lowest BCUT2D eigenvalue weighted by Crippen LogP contribution is -2.31. The van der Waals surface area contributed by atoms with Crippen molar-refractivity contribution in [3.8, 4) is 0 Å². The van der Waals surface area contributed by atoms with Gasteiger partial charge in [-0.15, -0.1) is 11.3 Å². The van der Waals surface area contributed by atoms with E-state index in [0.717, 1.165) is 40.9 Å². The number of nitrogens with one attached hydrogen (secondary N) is 1. The molecule has 0 saturated heterocycles. The zero-order valence-corrected chi connectivity index (χ0v) is 13.9. The van der Waals surface area contributed by atoms with E-state index >= 15 is 0 Å². The van der Waals surface area contributed by atoms with Gasteiger partial charge in [0.25, 0.3) is 5.91 Å². The van der Waals surface area contributed by atoms with E-state index in [0.29, 0.717) is 0 Å². The predicted octanol–water partition coefficient (Wildman–Crippen LogP) is 2.86. The Morgan fingerprint density at radius 2 is 2.09 bits per heavy atom. The summed E-state index contributed by atoms with van der Waals surface area (Å²) >= 11 is 1.66. The molecule has 23 heavy (non-hydrogen) atoms. The molecule has 2 aromatic rings. The summed E-state index contributed by atoms with van der Waals surface area (Å²) < 4.78 is 6.33. The number of likely N-dealkylation sites (N-methyl/N-ethyl adjacent to an activating group) is 1. The molecular weight excluding hydrogens is 312 g/mol. The minimum Gasteiger partial charge on any atom is -0.455 e. The van der Waals surface area contributed by atoms with E-state index < -0.39 is 0 Å². The summed E-state index contributed by atoms with van der Waals surface area (Å²) in [6.07, 6.45) is 3.85. The van der Waals surface area contributed by atoms with E-state index in [9.17, 15) is 9.59 Å². The quantitative estimate of drug-likeness (QED) is 0.874. The summed E-state index contributed by atoms with van der Waals surface area (Å²) in [6, 6.07) is 8.03. The number of thiazole rings is 1. The first-order valence-electron chi connectivity index (χ1n) is 7.91. The lowest BCUT2D eigenvalue weighted by atomic mass is 9.79. The number of aromatic nitrogens is 1. The first kappa shape index (κ1) is 15.9. The number of amides is 1. The number of rotatable bonds is 4. The molecule has 6 heteroatoms. The zero-order chi connectivity index (χ0) is 16.2. The number of carbonyl (C=O) groups is 2. The minimum absolute atomic E-state index is 0.0957. The molecule has 1 aromatic carbocycles. The van der Waals surface area contributed by atoms with E-state index in [-0.39, 0.29) is 30.3 Å². The lowest BCUT2D eigenvalue weighted by Gasteiger charge is -2.28. The summed E-state index contributed by atoms with van der Waals surface area (Å²) in [7, 11) is 1.53. The molecule has 1 fully saturated rings. The number of ether oxygens (including phenoxy) is 1. The van der Waals surface area contributed by atoms with Crippen LogP contribution in [0.25, 0.3) is 10.2 Å². The molecule has 1 saturated carbocycles. The van der Waals surface area contributed by atoms with Crippen LogP contribution in [-0.4, -0.2) is 30.5 Å². The molecule has 0 bridgehead atoms. The average molecular weight is 332 g/mol. The molecule has 1 amide bonds. The molecule has 122 valence electrons. The average Bonchev–Trinajstić information content (AvgIpc) is 3.03. The van der Waals surface area contributed by atoms with Gasteiger partial charge in [-0.1, -0.05) is 25.0 Å². The van der Waals surface area contributed by atoms with E-state index in [1.165, 1.54) is 7.05 Å². The topological polar surface area (TPSA) is 68.3 Å². The summed E-state index contributed by atoms with van der Waals surface area (Å²) in [6.45, 7) is -0.210. The van der Waals surface area contributed by atoms with Crippen molar-refractivity contribution in [3.63, 3.8) is 0 Å². The van der Waals surface area contributed by atoms with Gasteiger partial charge in [-0.05, 0) is 25.0 Å². The highest BCUT2D eigenvalue weighted by molar-refractivity contribution is 7.18. The van der Waals surface area contributed by atoms with Crippen molar-refractivity contribution in [2.24, 2.45) is 5.92 Å². The molecule has 1 aliphatic rings. The Morgan fingerprint density at radius 1 is 1.30 bits per heavy atom. The molecule has 1 N–H and O–H groups in total. The number of benzene rings is 1. The Labute approximate surface area is 139 Å². The Bertz CT molecular complexity index is 680. The Balaban J connectivity index is 1.78. The van der Waals surface area contributed by atoms with Crippen molar-refractivity contribution in [2.45, 2.75) is 31.6 Å². The van der Waals surface area contributed by atoms with Gasteiger partial charge in [-0.25, -0.2) is 4.98 Å². The van der Waals surface area contributed by atoms with Gasteiger partial charge in [0, 0.05) is 13.0 Å². The van der Waals surface area contributed by atoms with Crippen LogP contribution in [0.5, 0.6) is 0 Å². The Hall–Kier alpha value is -1.95. The largest absolute Gasteiger partial charge is 0.455 e. The van der Waals surface area contributed by atoms with E-state index in [4.69, 9.17) is 9.72 Å². The van der Waals surface area contributed by atoms with E-state index in [1.807, 2.05) is 18.2 Å². The van der Waals surface area contributed by atoms with Crippen molar-refractivity contribution in [1.29, 1.82) is 0 Å². The highest BCUT2D eigenvalue weighted by Crippen LogP contribution is 2.41. The van der Waals surface area contributed by atoms with E-state index in [1.54, 1.807) is 11.3 Å². The second-order valence-electron chi connectivity index (χ2n) is 5.80. The molecule has 0 aliphatic heterocycles. The smallest absolute Gasteiger partial charge is 0.310 e. The van der Waals surface area contributed by atoms with Gasteiger partial charge in [0.05, 0.1) is 21.1 Å². The van der Waals surface area contributed by atoms with E-state index in [2.05, 4.69) is 11.4 Å². The molecule has 1 aliphatic carbocycles. The highest BCUT2D eigenvalue weighted by Gasteiger charge is 2.35. The fourth-order valence-corrected chi connectivity index (χ4v) is 4.24. The summed E-state index contributed by atoms with van der Waals surface area (Å²) in [4.78, 5) is 28.4. The molecule has 3 rings (SSSR count). The van der Waals surface area contributed by atoms with Crippen LogP contribution in [0, 0.1) is 5.92 Å². The van der Waals surface area contributed by atoms with Crippen LogP contribution in [0.3, 0.4) is 0 Å². The predicted molar refractivity (Wildman–Crippen MR) is 89.3 cm³/mol. The number of carbonyl (C=O) groups excluding carboxylic acids is 2. The molecule has 1 aromatic heterocycles. The van der Waals surface area contributed by atoms with Gasteiger partial charge < -0.3 is 10.1 Å². The molecule has 5 nitrogen and oxygen atoms in total. The number of nitrogens with zero attached hydrogens (tertiary/aromatic N) is 1. The van der Waals surface area contributed by atoms with Crippen molar-refractivity contribution in [2.75, 3.05) is 13.7 Å². The third kappa shape index (κ3) is 3.52. The fraction of sp³-hybridized carbons (Fsp3) is 0.471. The van der Waals surface area contributed by atoms with Crippen LogP contribution in [0.15, 0.2) is 24.3 Å². The molecule has 0 radical (unpaired) electrons. The summed E-state index contributed by atoms with van der Waals surface area (Å²) in [5.41, 5.74) is 0.982. The third-order valence-electron chi connectivity index (χ3n) is 4.32. The second-order valence-corrected chi connectivity index (χ2v) is 6.86. The van der Waals surface area contributed by atoms with Gasteiger partial charge in [0.1, 0.15) is 0 Å². The number of para-hydroxylation sites is 1. The summed E-state index contributed by atoms with van der Waals surface area (Å²) in [5, 5.41) is 3.46. The lowest BCUT2D eigenvalue weighted by molar-refractivity contribution is -0.154. The monoisotopic (exact) mass is 332 g/mol. The zero-order valence-electron chi connectivity index (χ0n) is 13.1. The number of fused-ring (bicyclic) bond motifs is 1. The summed E-state index contributed by atoms with van der Waals surface area (Å²) in [5.74, 6) is -0.671. The van der Waals surface area contributed by atoms with Gasteiger partial charge in [0.15, 0.2) is 6.61 Å². The molecule has 1 heterocycles. The molecule has 0 spiro atoms. The maximum absolute atomic E-state index is 12.4. The van der Waals surface area contributed by atoms with Gasteiger partial charge >= 0.3 is 5.97 Å². The maximum Gasteiger partial charge on any atom is 0.310 e. The third-order valence-corrected chi connectivity index (χ3v) is 5.49. The van der Waals surface area contributed by atoms with Crippen LogP contribution in [0.2, 0.25) is 0 Å². The van der Waals surface area contributed by atoms with Crippen LogP contribution >= 0.6 is 11.3 Å². The normalized spacial score (nSPS) is 21.1. The van der Waals surface area contributed by atoms with Crippen molar-refractivity contribution in [3.05, 3.63) is 29.3 Å². The van der Waals surface area contributed by atoms with Gasteiger partial charge in [-0.3, -0.25) is 9.59 Å². The van der Waals surface area contributed by atoms with Crippen molar-refractivity contribution >= 4 is 33.4 Å². The van der Waals surface area contributed by atoms with Gasteiger partial charge in [-0.2, -0.15) is 0 Å². The van der Waals surface area contributed by atoms with Crippen LogP contribution < -0.4 is 5.32 Å². The molecule has 0 unspecified atom stereocenters. The number of hydrogen-bond acceptors (Lipinski definition) is 5. The Morgan fingerprint density at radius 3 is 2.87 bits per heavy atom. The van der Waals surface area contributed by atoms with Crippen molar-refractivity contribution in [1.82, 2.24) is 10.3 Å². The van der Waals surface area contributed by atoms with Crippen LogP contribution in [0.1, 0.15) is 36.6 Å². The van der Waals surface area contributed by atoms with Crippen LogP contribution in [0.4, 0.5) is 0 Å². The standard InChI is InChI=1S/C17H20N2O3S/c1-18-15(20)10-22-17(21)12-7-3-2-6-11(12)16-19-13-8-4-5-9-14(13)23-16/h4-5,8-9,11-12H,2-3,6-7,10H2,1H3,(H,18,20)/t11-,12-/m1/s1. The first-order valence-corrected chi connectivity index (χ1v) is 8.73.